The average molecular weight is 736 g/mol. The van der Waals surface area contributed by atoms with Crippen molar-refractivity contribution in [2.75, 3.05) is 40.6 Å². The summed E-state index contributed by atoms with van der Waals surface area (Å²) in [6.45, 7) is 18.8. The number of pyridine rings is 1. The van der Waals surface area contributed by atoms with E-state index in [0.29, 0.717) is 68.1 Å². The summed E-state index contributed by atoms with van der Waals surface area (Å²) in [6.07, 6.45) is 7.89. The minimum absolute atomic E-state index is 0. The molecule has 0 saturated carbocycles. The molecule has 10 heteroatoms. The first-order chi connectivity index (χ1) is 24.5. The maximum absolute atomic E-state index is 13.1. The van der Waals surface area contributed by atoms with Crippen molar-refractivity contribution in [2.24, 2.45) is 22.7 Å². The van der Waals surface area contributed by atoms with Crippen molar-refractivity contribution in [1.82, 2.24) is 10.3 Å². The highest BCUT2D eigenvalue weighted by Gasteiger charge is 2.45. The predicted molar refractivity (Wildman–Crippen MR) is 207 cm³/mol. The zero-order valence-corrected chi connectivity index (χ0v) is 32.7. The molecule has 1 N–H and O–H groups in total. The third-order valence-corrected chi connectivity index (χ3v) is 10.5. The van der Waals surface area contributed by atoms with Gasteiger partial charge in [-0.15, -0.1) is 0 Å². The van der Waals surface area contributed by atoms with Crippen LogP contribution >= 0.6 is 0 Å². The molecule has 1 aromatic rings. The van der Waals surface area contributed by atoms with Crippen LogP contribution in [0.15, 0.2) is 40.3 Å². The normalized spacial score (nSPS) is 22.0. The standard InChI is InChI=1S/C21H29NO4.C21H27NO4.CH4.H2/c2*1-12(2)19-18(20(24)25-5)16(13-6-8-26-9-7-13)17-14(22-19)10-21(3,4)11-15(17)23;;/h6,12,16,22H,7-11H2,1-5H3;6,12H,7-11H2,1-5H3;1H4;1H/i;;;1+1. The molecule has 1 unspecified atom stereocenters. The van der Waals surface area contributed by atoms with Crippen LogP contribution in [0.2, 0.25) is 0 Å². The lowest BCUT2D eigenvalue weighted by Gasteiger charge is -2.41. The number of methoxy groups -OCH3 is 2. The molecule has 0 aromatic carbocycles. The molecule has 10 nitrogen and oxygen atoms in total. The molecule has 3 aliphatic heterocycles. The van der Waals surface area contributed by atoms with E-state index in [4.69, 9.17) is 23.9 Å². The number of nitrogens with zero attached hydrogens (tertiary/aromatic N) is 1. The largest absolute Gasteiger partial charge is 0.466 e. The summed E-state index contributed by atoms with van der Waals surface area (Å²) < 4.78 is 21.1. The zero-order valence-electron chi connectivity index (χ0n) is 32.7. The minimum Gasteiger partial charge on any atom is -0.466 e. The highest BCUT2D eigenvalue weighted by atomic mass is 16.5. The van der Waals surface area contributed by atoms with E-state index >= 15 is 0 Å². The Labute approximate surface area is 317 Å². The number of carbonyl (C=O) groups excluding carboxylic acids is 4. The van der Waals surface area contributed by atoms with Crippen molar-refractivity contribution in [3.63, 3.8) is 0 Å². The fourth-order valence-electron chi connectivity index (χ4n) is 8.20. The lowest BCUT2D eigenvalue weighted by molar-refractivity contribution is -0.136. The Morgan fingerprint density at radius 2 is 1.43 bits per heavy atom. The van der Waals surface area contributed by atoms with Gasteiger partial charge in [-0.25, -0.2) is 9.59 Å². The van der Waals surface area contributed by atoms with Gasteiger partial charge in [-0.3, -0.25) is 14.6 Å². The van der Waals surface area contributed by atoms with Crippen molar-refractivity contribution < 1.29 is 39.6 Å². The molecule has 0 spiro atoms. The van der Waals surface area contributed by atoms with Crippen LogP contribution in [0.5, 0.6) is 0 Å². The first kappa shape index (κ1) is 41.9. The Balaban J connectivity index is 0.000000280. The van der Waals surface area contributed by atoms with Crippen LogP contribution < -0.4 is 5.32 Å². The van der Waals surface area contributed by atoms with Gasteiger partial charge in [-0.2, -0.15) is 0 Å². The Morgan fingerprint density at radius 3 is 1.98 bits per heavy atom. The molecule has 2 aliphatic carbocycles. The van der Waals surface area contributed by atoms with Gasteiger partial charge in [0.2, 0.25) is 0 Å². The van der Waals surface area contributed by atoms with Gasteiger partial charge in [0.05, 0.1) is 63.2 Å². The lowest BCUT2D eigenvalue weighted by Crippen LogP contribution is -2.41. The fraction of sp³-hybridized carbons (Fsp3) is 0.605. The van der Waals surface area contributed by atoms with Crippen molar-refractivity contribution in [3.05, 3.63) is 68.3 Å². The third-order valence-electron chi connectivity index (χ3n) is 10.5. The summed E-state index contributed by atoms with van der Waals surface area (Å²) in [4.78, 5) is 56.4. The van der Waals surface area contributed by atoms with E-state index in [1.54, 1.807) is 0 Å². The van der Waals surface area contributed by atoms with Crippen LogP contribution in [-0.2, 0) is 35.0 Å². The Kier molecular flexibility index (Phi) is 13.1. The SMILES string of the molecule is C.COC(=O)C1=C(C(C)C)NC2=C(C(=O)CC(C)(C)C2)C1C1=CCOCC1.COC(=O)c1c(C(C)C)nc2c(c1C1=CCOCC1)C(=O)CC(C)(C)C2.[2HH]. The molecule has 0 radical (unpaired) electrons. The number of ketones is 2. The summed E-state index contributed by atoms with van der Waals surface area (Å²) in [5.41, 5.74) is 8.37. The lowest BCUT2D eigenvalue weighted by atomic mass is 9.67. The third kappa shape index (κ3) is 8.75. The fourth-order valence-corrected chi connectivity index (χ4v) is 8.20. The Bertz CT molecular complexity index is 1780. The molecule has 53 heavy (non-hydrogen) atoms. The van der Waals surface area contributed by atoms with Crippen LogP contribution in [-0.4, -0.2) is 69.1 Å². The Hall–Kier alpha value is -3.89. The van der Waals surface area contributed by atoms with Gasteiger partial charge in [0, 0.05) is 48.3 Å². The molecule has 1 aromatic heterocycles. The van der Waals surface area contributed by atoms with E-state index in [2.05, 4.69) is 46.9 Å². The highest BCUT2D eigenvalue weighted by molar-refractivity contribution is 6.08. The van der Waals surface area contributed by atoms with Crippen LogP contribution in [0.3, 0.4) is 0 Å². The number of ether oxygens (including phenoxy) is 4. The number of esters is 2. The molecular formula is C43H62N2O8. The number of aromatic nitrogens is 1. The van der Waals surface area contributed by atoms with E-state index in [1.165, 1.54) is 14.2 Å². The molecule has 5 aliphatic rings. The van der Waals surface area contributed by atoms with Gasteiger partial charge < -0.3 is 24.3 Å². The second-order valence-electron chi connectivity index (χ2n) is 16.7. The molecule has 292 valence electrons. The predicted octanol–water partition coefficient (Wildman–Crippen LogP) is 8.11. The molecular weight excluding hydrogens is 672 g/mol. The van der Waals surface area contributed by atoms with E-state index in [0.717, 1.165) is 58.6 Å². The topological polar surface area (TPSA) is 130 Å². The summed E-state index contributed by atoms with van der Waals surface area (Å²) >= 11 is 0. The Morgan fingerprint density at radius 1 is 0.830 bits per heavy atom. The first-order valence-electron chi connectivity index (χ1n) is 18.6. The summed E-state index contributed by atoms with van der Waals surface area (Å²) in [5.74, 6) is -0.734. The van der Waals surface area contributed by atoms with Crippen LogP contribution in [0.1, 0.15) is 140 Å². The van der Waals surface area contributed by atoms with Gasteiger partial charge in [0.1, 0.15) is 0 Å². The quantitative estimate of drug-likeness (QED) is 0.226. The van der Waals surface area contributed by atoms with Gasteiger partial charge >= 0.3 is 11.9 Å². The minimum atomic E-state index is -0.427. The molecule has 0 saturated heterocycles. The number of rotatable bonds is 6. The van der Waals surface area contributed by atoms with Crippen molar-refractivity contribution >= 4 is 29.1 Å². The van der Waals surface area contributed by atoms with Gasteiger partial charge in [-0.05, 0) is 53.9 Å². The average Bonchev–Trinajstić information content (AvgIpc) is 3.09. The van der Waals surface area contributed by atoms with E-state index in [-0.39, 0.29) is 55.0 Å². The number of hydrogen-bond donors (Lipinski definition) is 1. The monoisotopic (exact) mass is 735 g/mol. The van der Waals surface area contributed by atoms with Crippen LogP contribution in [0.4, 0.5) is 0 Å². The summed E-state index contributed by atoms with van der Waals surface area (Å²) in [5, 5.41) is 3.45. The van der Waals surface area contributed by atoms with Crippen molar-refractivity contribution in [3.8, 4) is 0 Å². The number of carbonyl (C=O) groups is 4. The van der Waals surface area contributed by atoms with Crippen molar-refractivity contribution in [2.45, 2.75) is 107 Å². The van der Waals surface area contributed by atoms with Crippen molar-refractivity contribution in [1.29, 1.82) is 0 Å². The van der Waals surface area contributed by atoms with E-state index in [9.17, 15) is 19.2 Å². The highest BCUT2D eigenvalue weighted by Crippen LogP contribution is 2.47. The molecule has 4 heterocycles. The maximum atomic E-state index is 13.1. The number of fused-ring (bicyclic) bond motifs is 1. The van der Waals surface area contributed by atoms with Gasteiger partial charge in [-0.1, -0.05) is 80.5 Å². The smallest absolute Gasteiger partial charge is 0.340 e. The second-order valence-corrected chi connectivity index (χ2v) is 16.7. The number of dihydropyridines is 1. The van der Waals surface area contributed by atoms with Gasteiger partial charge in [0.25, 0.3) is 0 Å². The van der Waals surface area contributed by atoms with Crippen LogP contribution in [0, 0.1) is 22.7 Å². The molecule has 0 fully saturated rings. The maximum Gasteiger partial charge on any atom is 0.340 e. The first-order valence-corrected chi connectivity index (χ1v) is 18.6. The number of allylic oxidation sites excluding steroid dienone is 3. The molecule has 0 bridgehead atoms. The number of Topliss-reactive ketones (excluding diaryl/α,β-unsaturated/α-hetero) is 2. The number of nitrogens with one attached hydrogen (secondary N) is 1. The second kappa shape index (κ2) is 16.6. The molecule has 0 amide bonds. The molecule has 1 atom stereocenters. The zero-order chi connectivity index (χ0) is 38.1. The summed E-state index contributed by atoms with van der Waals surface area (Å²) in [6, 6.07) is 0. The van der Waals surface area contributed by atoms with E-state index < -0.39 is 5.97 Å². The molecule has 6 rings (SSSR count). The summed E-state index contributed by atoms with van der Waals surface area (Å²) in [7, 11) is 2.78. The number of hydrogen-bond acceptors (Lipinski definition) is 10. The van der Waals surface area contributed by atoms with Gasteiger partial charge in [0.15, 0.2) is 11.6 Å². The van der Waals surface area contributed by atoms with E-state index in [1.807, 2.05) is 26.0 Å². The van der Waals surface area contributed by atoms with Crippen LogP contribution in [0.25, 0.3) is 5.57 Å².